The molecule has 0 unspecified atom stereocenters. The fraction of sp³-hybridized carbons (Fsp3) is 0.385. The summed E-state index contributed by atoms with van der Waals surface area (Å²) in [6.07, 6.45) is 0.843. The van der Waals surface area contributed by atoms with Crippen molar-refractivity contribution < 1.29 is 9.59 Å². The van der Waals surface area contributed by atoms with E-state index in [1.54, 1.807) is 24.3 Å². The first-order valence-electron chi connectivity index (χ1n) is 6.17. The maximum atomic E-state index is 11.8. The number of amides is 3. The Labute approximate surface area is 112 Å². The summed E-state index contributed by atoms with van der Waals surface area (Å²) in [4.78, 5) is 22.5. The van der Waals surface area contributed by atoms with Crippen molar-refractivity contribution in [1.82, 2.24) is 0 Å². The fourth-order valence-corrected chi connectivity index (χ4v) is 1.52. The van der Waals surface area contributed by atoms with Gasteiger partial charge in [0.05, 0.1) is 6.04 Å². The molecule has 1 rings (SSSR count). The Morgan fingerprint density at radius 2 is 1.63 bits per heavy atom. The second kappa shape index (κ2) is 6.75. The van der Waals surface area contributed by atoms with Crippen LogP contribution < -0.4 is 22.1 Å². The molecule has 0 aliphatic carbocycles. The van der Waals surface area contributed by atoms with E-state index in [0.717, 1.165) is 6.42 Å². The van der Waals surface area contributed by atoms with Crippen LogP contribution in [0.4, 0.5) is 16.2 Å². The highest BCUT2D eigenvalue weighted by atomic mass is 16.2. The minimum Gasteiger partial charge on any atom is -0.351 e. The summed E-state index contributed by atoms with van der Waals surface area (Å²) in [7, 11) is 0. The predicted molar refractivity (Wildman–Crippen MR) is 75.7 cm³/mol. The first-order valence-corrected chi connectivity index (χ1v) is 6.17. The molecule has 104 valence electrons. The lowest BCUT2D eigenvalue weighted by atomic mass is 9.99. The van der Waals surface area contributed by atoms with E-state index >= 15 is 0 Å². The molecule has 0 aliphatic heterocycles. The zero-order valence-electron chi connectivity index (χ0n) is 11.1. The van der Waals surface area contributed by atoms with Gasteiger partial charge in [-0.2, -0.15) is 0 Å². The standard InChI is InChI=1S/C13H20N4O2/c1-3-8(2)11(14)12(18)16-9-4-6-10(7-5-9)17-13(15)19/h4-8,11H,3,14H2,1-2H3,(H,16,18)(H3,15,17,19)/t8-,11-/m0/s1. The van der Waals surface area contributed by atoms with Crippen LogP contribution in [0.15, 0.2) is 24.3 Å². The van der Waals surface area contributed by atoms with Crippen LogP contribution in [0.5, 0.6) is 0 Å². The third-order valence-corrected chi connectivity index (χ3v) is 2.98. The average Bonchev–Trinajstić information content (AvgIpc) is 2.38. The van der Waals surface area contributed by atoms with E-state index in [9.17, 15) is 9.59 Å². The van der Waals surface area contributed by atoms with Gasteiger partial charge in [-0.05, 0) is 30.2 Å². The van der Waals surface area contributed by atoms with Crippen molar-refractivity contribution >= 4 is 23.3 Å². The molecular formula is C13H20N4O2. The van der Waals surface area contributed by atoms with Gasteiger partial charge in [0.25, 0.3) is 0 Å². The van der Waals surface area contributed by atoms with Crippen molar-refractivity contribution in [3.8, 4) is 0 Å². The highest BCUT2D eigenvalue weighted by Gasteiger charge is 2.19. The number of primary amides is 1. The number of rotatable bonds is 5. The van der Waals surface area contributed by atoms with Crippen LogP contribution in [0.2, 0.25) is 0 Å². The van der Waals surface area contributed by atoms with Gasteiger partial charge in [0.15, 0.2) is 0 Å². The van der Waals surface area contributed by atoms with Crippen LogP contribution in [0.3, 0.4) is 0 Å². The molecular weight excluding hydrogens is 244 g/mol. The summed E-state index contributed by atoms with van der Waals surface area (Å²) in [5.74, 6) is -0.0965. The fourth-order valence-electron chi connectivity index (χ4n) is 1.52. The van der Waals surface area contributed by atoms with Crippen molar-refractivity contribution in [2.45, 2.75) is 26.3 Å². The normalized spacial score (nSPS) is 13.4. The predicted octanol–water partition coefficient (Wildman–Crippen LogP) is 1.49. The van der Waals surface area contributed by atoms with Gasteiger partial charge < -0.3 is 22.1 Å². The zero-order valence-corrected chi connectivity index (χ0v) is 11.1. The first kappa shape index (κ1) is 15.0. The zero-order chi connectivity index (χ0) is 14.4. The quantitative estimate of drug-likeness (QED) is 0.646. The number of carbonyl (C=O) groups excluding carboxylic acids is 2. The summed E-state index contributed by atoms with van der Waals surface area (Å²) >= 11 is 0. The number of nitrogens with one attached hydrogen (secondary N) is 2. The number of hydrogen-bond donors (Lipinski definition) is 4. The molecule has 3 amide bonds. The molecule has 0 bridgehead atoms. The number of benzene rings is 1. The number of carbonyl (C=O) groups is 2. The Morgan fingerprint density at radius 3 is 2.05 bits per heavy atom. The van der Waals surface area contributed by atoms with Crippen molar-refractivity contribution in [2.24, 2.45) is 17.4 Å². The van der Waals surface area contributed by atoms with Gasteiger partial charge in [0.2, 0.25) is 5.91 Å². The third-order valence-electron chi connectivity index (χ3n) is 2.98. The van der Waals surface area contributed by atoms with Gasteiger partial charge in [-0.3, -0.25) is 4.79 Å². The Balaban J connectivity index is 2.62. The van der Waals surface area contributed by atoms with Crippen LogP contribution in [0.25, 0.3) is 0 Å². The SMILES string of the molecule is CC[C@H](C)[C@H](N)C(=O)Nc1ccc(NC(N)=O)cc1. The number of urea groups is 1. The largest absolute Gasteiger partial charge is 0.351 e. The summed E-state index contributed by atoms with van der Waals surface area (Å²) in [5.41, 5.74) is 12.0. The van der Waals surface area contributed by atoms with Gasteiger partial charge in [0.1, 0.15) is 0 Å². The van der Waals surface area contributed by atoms with Gasteiger partial charge >= 0.3 is 6.03 Å². The second-order valence-electron chi connectivity index (χ2n) is 4.47. The van der Waals surface area contributed by atoms with Crippen molar-refractivity contribution in [2.75, 3.05) is 10.6 Å². The Morgan fingerprint density at radius 1 is 1.16 bits per heavy atom. The van der Waals surface area contributed by atoms with E-state index in [-0.39, 0.29) is 11.8 Å². The maximum Gasteiger partial charge on any atom is 0.316 e. The molecule has 1 aromatic carbocycles. The van der Waals surface area contributed by atoms with E-state index < -0.39 is 12.1 Å². The molecule has 0 heterocycles. The van der Waals surface area contributed by atoms with Gasteiger partial charge in [-0.15, -0.1) is 0 Å². The monoisotopic (exact) mass is 264 g/mol. The molecule has 6 N–H and O–H groups in total. The Bertz CT molecular complexity index is 444. The molecule has 0 radical (unpaired) electrons. The minimum absolute atomic E-state index is 0.121. The lowest BCUT2D eigenvalue weighted by Crippen LogP contribution is -2.40. The van der Waals surface area contributed by atoms with Crippen LogP contribution >= 0.6 is 0 Å². The summed E-state index contributed by atoms with van der Waals surface area (Å²) < 4.78 is 0. The van der Waals surface area contributed by atoms with Crippen molar-refractivity contribution in [1.29, 1.82) is 0 Å². The van der Waals surface area contributed by atoms with E-state index in [1.165, 1.54) is 0 Å². The molecule has 0 aromatic heterocycles. The highest BCUT2D eigenvalue weighted by Crippen LogP contribution is 2.14. The molecule has 0 fully saturated rings. The van der Waals surface area contributed by atoms with Crippen LogP contribution in [0, 0.1) is 5.92 Å². The number of nitrogens with two attached hydrogens (primary N) is 2. The topological polar surface area (TPSA) is 110 Å². The third kappa shape index (κ3) is 4.59. The minimum atomic E-state index is -0.629. The average molecular weight is 264 g/mol. The van der Waals surface area contributed by atoms with Gasteiger partial charge in [-0.1, -0.05) is 20.3 Å². The smallest absolute Gasteiger partial charge is 0.316 e. The summed E-state index contributed by atoms with van der Waals surface area (Å²) in [6.45, 7) is 3.92. The van der Waals surface area contributed by atoms with Crippen LogP contribution in [0.1, 0.15) is 20.3 Å². The second-order valence-corrected chi connectivity index (χ2v) is 4.47. The summed E-state index contributed by atoms with van der Waals surface area (Å²) in [6, 6.07) is 5.48. The van der Waals surface area contributed by atoms with E-state index in [2.05, 4.69) is 10.6 Å². The Hall–Kier alpha value is -2.08. The molecule has 0 saturated heterocycles. The van der Waals surface area contributed by atoms with E-state index in [4.69, 9.17) is 11.5 Å². The molecule has 6 heteroatoms. The van der Waals surface area contributed by atoms with Crippen molar-refractivity contribution in [3.63, 3.8) is 0 Å². The maximum absolute atomic E-state index is 11.8. The molecule has 2 atom stereocenters. The molecule has 0 saturated carbocycles. The lowest BCUT2D eigenvalue weighted by molar-refractivity contribution is -0.118. The van der Waals surface area contributed by atoms with E-state index in [0.29, 0.717) is 11.4 Å². The van der Waals surface area contributed by atoms with Gasteiger partial charge in [-0.25, -0.2) is 4.79 Å². The van der Waals surface area contributed by atoms with Crippen LogP contribution in [-0.2, 0) is 4.79 Å². The molecule has 6 nitrogen and oxygen atoms in total. The number of hydrogen-bond acceptors (Lipinski definition) is 3. The first-order chi connectivity index (χ1) is 8.93. The summed E-state index contributed by atoms with van der Waals surface area (Å²) in [5, 5.41) is 5.17. The van der Waals surface area contributed by atoms with Crippen molar-refractivity contribution in [3.05, 3.63) is 24.3 Å². The lowest BCUT2D eigenvalue weighted by Gasteiger charge is -2.17. The van der Waals surface area contributed by atoms with E-state index in [1.807, 2.05) is 13.8 Å². The molecule has 19 heavy (non-hydrogen) atoms. The van der Waals surface area contributed by atoms with Gasteiger partial charge in [0, 0.05) is 11.4 Å². The molecule has 1 aromatic rings. The molecule has 0 spiro atoms. The number of anilines is 2. The molecule has 0 aliphatic rings. The van der Waals surface area contributed by atoms with Crippen LogP contribution in [-0.4, -0.2) is 18.0 Å². The highest BCUT2D eigenvalue weighted by molar-refractivity contribution is 5.95. The Kier molecular flexibility index (Phi) is 5.32.